The molecule has 5 heteroatoms. The van der Waals surface area contributed by atoms with Crippen LogP contribution in [0.3, 0.4) is 0 Å². The molecule has 1 aromatic rings. The summed E-state index contributed by atoms with van der Waals surface area (Å²) in [6, 6.07) is 7.66. The molecule has 1 heterocycles. The molecule has 112 valence electrons. The van der Waals surface area contributed by atoms with Gasteiger partial charge in [-0.05, 0) is 24.1 Å². The lowest BCUT2D eigenvalue weighted by Crippen LogP contribution is -2.37. The first-order chi connectivity index (χ1) is 9.78. The third kappa shape index (κ3) is 5.09. The van der Waals surface area contributed by atoms with Crippen molar-refractivity contribution < 1.29 is 14.6 Å². The van der Waals surface area contributed by atoms with Gasteiger partial charge in [0.15, 0.2) is 0 Å². The second-order valence-electron chi connectivity index (χ2n) is 5.08. The number of hydrogen-bond donors (Lipinski definition) is 2. The number of aliphatic hydroxyl groups is 1. The Morgan fingerprint density at radius 2 is 2.25 bits per heavy atom. The number of ether oxygens (including phenoxy) is 2. The lowest BCUT2D eigenvalue weighted by molar-refractivity contribution is 0.0658. The molecule has 1 unspecified atom stereocenters. The molecule has 0 bridgehead atoms. The Balaban J connectivity index is 1.74. The van der Waals surface area contributed by atoms with E-state index >= 15 is 0 Å². The van der Waals surface area contributed by atoms with E-state index < -0.39 is 6.10 Å². The summed E-state index contributed by atoms with van der Waals surface area (Å²) in [5, 5.41) is 10.0. The summed E-state index contributed by atoms with van der Waals surface area (Å²) in [5.74, 6) is 0.756. The Bertz CT molecular complexity index is 392. The van der Waals surface area contributed by atoms with E-state index in [-0.39, 0.29) is 0 Å². The molecule has 1 atom stereocenters. The van der Waals surface area contributed by atoms with Gasteiger partial charge < -0.3 is 20.3 Å². The number of β-amino-alcohol motifs (C(OH)–C–C–N with tert-alkyl or cyclic N) is 1. The molecule has 0 spiro atoms. The van der Waals surface area contributed by atoms with Gasteiger partial charge >= 0.3 is 0 Å². The highest BCUT2D eigenvalue weighted by molar-refractivity contribution is 5.28. The molecule has 0 aliphatic carbocycles. The molecule has 0 aromatic heterocycles. The number of nitrogens with two attached hydrogens (primary N) is 1. The maximum absolute atomic E-state index is 10.0. The Morgan fingerprint density at radius 3 is 3.10 bits per heavy atom. The van der Waals surface area contributed by atoms with E-state index in [1.807, 2.05) is 24.3 Å². The van der Waals surface area contributed by atoms with Gasteiger partial charge in [-0.15, -0.1) is 0 Å². The lowest BCUT2D eigenvalue weighted by atomic mass is 10.2. The minimum Gasteiger partial charge on any atom is -0.491 e. The van der Waals surface area contributed by atoms with Crippen LogP contribution in [0.4, 0.5) is 0 Å². The van der Waals surface area contributed by atoms with Crippen LogP contribution in [0.25, 0.3) is 0 Å². The highest BCUT2D eigenvalue weighted by atomic mass is 16.5. The summed E-state index contributed by atoms with van der Waals surface area (Å²) in [6.45, 7) is 4.82. The fourth-order valence-corrected chi connectivity index (χ4v) is 2.29. The topological polar surface area (TPSA) is 68.0 Å². The molecule has 1 saturated heterocycles. The molecule has 0 saturated carbocycles. The lowest BCUT2D eigenvalue weighted by Gasteiger charge is -2.22. The van der Waals surface area contributed by atoms with Crippen molar-refractivity contribution in [3.63, 3.8) is 0 Å². The average Bonchev–Trinajstić information content (AvgIpc) is 2.74. The molecule has 1 aromatic carbocycles. The van der Waals surface area contributed by atoms with Crippen molar-refractivity contribution in [1.29, 1.82) is 0 Å². The van der Waals surface area contributed by atoms with Gasteiger partial charge in [0.05, 0.1) is 6.61 Å². The fourth-order valence-electron chi connectivity index (χ4n) is 2.29. The van der Waals surface area contributed by atoms with Crippen LogP contribution >= 0.6 is 0 Å². The van der Waals surface area contributed by atoms with Crippen LogP contribution in [0.1, 0.15) is 12.0 Å². The van der Waals surface area contributed by atoms with Crippen LogP contribution < -0.4 is 10.5 Å². The molecule has 2 rings (SSSR count). The Kier molecular flexibility index (Phi) is 6.26. The minimum absolute atomic E-state index is 0.297. The van der Waals surface area contributed by atoms with Crippen molar-refractivity contribution in [2.45, 2.75) is 19.1 Å². The van der Waals surface area contributed by atoms with Crippen LogP contribution in [0, 0.1) is 0 Å². The zero-order valence-electron chi connectivity index (χ0n) is 11.8. The molecule has 1 fully saturated rings. The first kappa shape index (κ1) is 15.3. The van der Waals surface area contributed by atoms with Crippen molar-refractivity contribution in [3.05, 3.63) is 29.8 Å². The third-order valence-corrected chi connectivity index (χ3v) is 3.36. The quantitative estimate of drug-likeness (QED) is 0.799. The second-order valence-corrected chi connectivity index (χ2v) is 5.08. The number of nitrogens with zero attached hydrogens (tertiary/aromatic N) is 1. The van der Waals surface area contributed by atoms with E-state index in [4.69, 9.17) is 15.2 Å². The van der Waals surface area contributed by atoms with Crippen LogP contribution in [0.2, 0.25) is 0 Å². The average molecular weight is 280 g/mol. The summed E-state index contributed by atoms with van der Waals surface area (Å²) < 4.78 is 11.0. The molecular weight excluding hydrogens is 256 g/mol. The minimum atomic E-state index is -0.491. The predicted octanol–water partition coefficient (Wildman–Crippen LogP) is 0.607. The van der Waals surface area contributed by atoms with Gasteiger partial charge in [0.1, 0.15) is 18.5 Å². The van der Waals surface area contributed by atoms with Gasteiger partial charge in [0.25, 0.3) is 0 Å². The van der Waals surface area contributed by atoms with Gasteiger partial charge in [-0.1, -0.05) is 12.1 Å². The van der Waals surface area contributed by atoms with E-state index in [9.17, 15) is 5.11 Å². The smallest absolute Gasteiger partial charge is 0.119 e. The third-order valence-electron chi connectivity index (χ3n) is 3.36. The summed E-state index contributed by atoms with van der Waals surface area (Å²) in [4.78, 5) is 2.22. The zero-order valence-corrected chi connectivity index (χ0v) is 11.8. The van der Waals surface area contributed by atoms with Crippen LogP contribution in [-0.2, 0) is 11.3 Å². The van der Waals surface area contributed by atoms with Gasteiger partial charge in [-0.2, -0.15) is 0 Å². The summed E-state index contributed by atoms with van der Waals surface area (Å²) in [7, 11) is 0. The standard InChI is InChI=1S/C15H24N2O3/c16-10-13-3-1-4-15(9-13)20-12-14(18)11-17-5-2-7-19-8-6-17/h1,3-4,9,14,18H,2,5-8,10-12,16H2. The van der Waals surface area contributed by atoms with Gasteiger partial charge in [0, 0.05) is 32.8 Å². The molecule has 20 heavy (non-hydrogen) atoms. The molecule has 3 N–H and O–H groups in total. The van der Waals surface area contributed by atoms with E-state index in [1.165, 1.54) is 0 Å². The normalized spacial score (nSPS) is 18.5. The number of rotatable bonds is 6. The first-order valence-corrected chi connectivity index (χ1v) is 7.18. The Morgan fingerprint density at radius 1 is 1.35 bits per heavy atom. The van der Waals surface area contributed by atoms with Gasteiger partial charge in [0.2, 0.25) is 0 Å². The Labute approximate surface area is 120 Å². The van der Waals surface area contributed by atoms with Crippen molar-refractivity contribution in [1.82, 2.24) is 4.90 Å². The van der Waals surface area contributed by atoms with Crippen LogP contribution in [0.5, 0.6) is 5.75 Å². The highest BCUT2D eigenvalue weighted by Gasteiger charge is 2.14. The maximum Gasteiger partial charge on any atom is 0.119 e. The molecule has 0 radical (unpaired) electrons. The largest absolute Gasteiger partial charge is 0.491 e. The van der Waals surface area contributed by atoms with Crippen molar-refractivity contribution in [2.75, 3.05) is 39.5 Å². The molecule has 1 aliphatic rings. The van der Waals surface area contributed by atoms with Crippen LogP contribution in [0.15, 0.2) is 24.3 Å². The maximum atomic E-state index is 10.0. The SMILES string of the molecule is NCc1cccc(OCC(O)CN2CCCOCC2)c1. The zero-order chi connectivity index (χ0) is 14.2. The van der Waals surface area contributed by atoms with E-state index in [2.05, 4.69) is 4.90 Å². The number of benzene rings is 1. The highest BCUT2D eigenvalue weighted by Crippen LogP contribution is 2.13. The van der Waals surface area contributed by atoms with Gasteiger partial charge in [-0.25, -0.2) is 0 Å². The summed E-state index contributed by atoms with van der Waals surface area (Å²) in [6.07, 6.45) is 0.529. The number of hydrogen-bond acceptors (Lipinski definition) is 5. The van der Waals surface area contributed by atoms with Crippen molar-refractivity contribution >= 4 is 0 Å². The van der Waals surface area contributed by atoms with E-state index in [0.717, 1.165) is 44.0 Å². The molecule has 1 aliphatic heterocycles. The second kappa shape index (κ2) is 8.21. The summed E-state index contributed by atoms with van der Waals surface area (Å²) in [5.41, 5.74) is 6.62. The first-order valence-electron chi connectivity index (χ1n) is 7.18. The van der Waals surface area contributed by atoms with E-state index in [1.54, 1.807) is 0 Å². The molecular formula is C15H24N2O3. The summed E-state index contributed by atoms with van der Waals surface area (Å²) >= 11 is 0. The van der Waals surface area contributed by atoms with E-state index in [0.29, 0.717) is 19.7 Å². The van der Waals surface area contributed by atoms with Gasteiger partial charge in [-0.3, -0.25) is 4.90 Å². The molecule has 0 amide bonds. The van der Waals surface area contributed by atoms with Crippen LogP contribution in [-0.4, -0.2) is 55.6 Å². The molecule has 5 nitrogen and oxygen atoms in total. The van der Waals surface area contributed by atoms with Crippen molar-refractivity contribution in [2.24, 2.45) is 5.73 Å². The van der Waals surface area contributed by atoms with Crippen molar-refractivity contribution in [3.8, 4) is 5.75 Å². The Hall–Kier alpha value is -1.14. The monoisotopic (exact) mass is 280 g/mol. The fraction of sp³-hybridized carbons (Fsp3) is 0.600. The predicted molar refractivity (Wildman–Crippen MR) is 77.7 cm³/mol. The number of aliphatic hydroxyl groups excluding tert-OH is 1.